The van der Waals surface area contributed by atoms with Crippen LogP contribution in [-0.4, -0.2) is 11.3 Å². The highest BCUT2D eigenvalue weighted by atomic mass is 16.5. The van der Waals surface area contributed by atoms with Gasteiger partial charge in [0.05, 0.1) is 16.9 Å². The Balaban J connectivity index is 1.13. The molecule has 0 amide bonds. The molecule has 0 bridgehead atoms. The summed E-state index contributed by atoms with van der Waals surface area (Å²) < 4.78 is 16.2. The summed E-state index contributed by atoms with van der Waals surface area (Å²) in [7, 11) is 0. The van der Waals surface area contributed by atoms with E-state index < -0.39 is 0 Å². The fourth-order valence-electron chi connectivity index (χ4n) is 10.6. The van der Waals surface area contributed by atoms with E-state index in [0.29, 0.717) is 0 Å². The number of para-hydroxylation sites is 3. The number of aryl methyl sites for hydroxylation is 1. The second kappa shape index (κ2) is 11.4. The third kappa shape index (κ3) is 4.44. The number of hydrogen-bond acceptors (Lipinski definition) is 3. The monoisotopic (exact) mass is 706 g/mol. The lowest BCUT2D eigenvalue weighted by atomic mass is 9.30. The van der Waals surface area contributed by atoms with Gasteiger partial charge in [-0.2, -0.15) is 0 Å². The number of anilines is 2. The Morgan fingerprint density at radius 1 is 0.704 bits per heavy atom. The molecule has 0 fully saturated rings. The lowest BCUT2D eigenvalue weighted by Gasteiger charge is -2.45. The molecule has 268 valence electrons. The Morgan fingerprint density at radius 3 is 2.37 bits per heavy atom. The molecule has 2 aliphatic carbocycles. The van der Waals surface area contributed by atoms with E-state index in [0.717, 1.165) is 60.8 Å². The summed E-state index contributed by atoms with van der Waals surface area (Å²) in [6, 6.07) is 36.8. The van der Waals surface area contributed by atoms with E-state index in [-0.39, 0.29) is 17.5 Å². The highest BCUT2D eigenvalue weighted by Crippen LogP contribution is 2.49. The summed E-state index contributed by atoms with van der Waals surface area (Å²) in [5, 5.41) is 1.39. The average molecular weight is 707 g/mol. The number of hydrogen-bond donors (Lipinski definition) is 0. The first-order valence-electron chi connectivity index (χ1n) is 20.3. The molecule has 5 heteroatoms. The molecule has 4 heterocycles. The number of benzene rings is 5. The molecule has 5 aliphatic rings. The van der Waals surface area contributed by atoms with E-state index in [9.17, 15) is 0 Å². The predicted octanol–water partition coefficient (Wildman–Crippen LogP) is 10.4. The second-order valence-corrected chi connectivity index (χ2v) is 17.5. The molecular weight excluding hydrogens is 659 g/mol. The highest BCUT2D eigenvalue weighted by molar-refractivity contribution is 6.98. The fraction of sp³-hybridized carbons (Fsp3) is 0.306. The zero-order valence-electron chi connectivity index (χ0n) is 32.2. The maximum atomic E-state index is 7.16. The van der Waals surface area contributed by atoms with Crippen molar-refractivity contribution in [3.63, 3.8) is 0 Å². The van der Waals surface area contributed by atoms with Crippen LogP contribution in [0.1, 0.15) is 101 Å². The van der Waals surface area contributed by atoms with Gasteiger partial charge in [0.15, 0.2) is 5.75 Å². The molecule has 0 radical (unpaired) electrons. The van der Waals surface area contributed by atoms with Crippen LogP contribution in [0.5, 0.6) is 17.2 Å². The van der Waals surface area contributed by atoms with Crippen LogP contribution in [0.3, 0.4) is 0 Å². The standard InChI is InChI=1S/C49H47BN2O2/c1-6-49(5)35-28-31(52-41-17-9-11-20-43(41)53-44-21-12-10-18-42(44)52)22-24-37(35)50-38-25-23-32(51-39-16-8-7-14-33(39)34-15-13-19-40(34)51)29-45(38)54-46-27-30(48(2,3)4)26-36(49)47(46)50/h7-9,11,14,16-17,20,22-29H,6,10,12-13,15,18-19,21H2,1-5H3. The molecule has 1 unspecified atom stereocenters. The van der Waals surface area contributed by atoms with Crippen LogP contribution in [0.15, 0.2) is 109 Å². The minimum absolute atomic E-state index is 0.0325. The smallest absolute Gasteiger partial charge is 0.251 e. The first-order chi connectivity index (χ1) is 26.2. The lowest BCUT2D eigenvalue weighted by molar-refractivity contribution is 0.363. The molecule has 54 heavy (non-hydrogen) atoms. The summed E-state index contributed by atoms with van der Waals surface area (Å²) in [4.78, 5) is 2.51. The molecule has 1 atom stereocenters. The van der Waals surface area contributed by atoms with Gasteiger partial charge in [0, 0.05) is 40.4 Å². The molecule has 3 aliphatic heterocycles. The molecule has 0 spiro atoms. The quantitative estimate of drug-likeness (QED) is 0.171. The number of ether oxygens (including phenoxy) is 2. The van der Waals surface area contributed by atoms with Crippen molar-refractivity contribution in [2.75, 3.05) is 4.90 Å². The largest absolute Gasteiger partial charge is 0.458 e. The van der Waals surface area contributed by atoms with Crippen molar-refractivity contribution in [1.29, 1.82) is 0 Å². The van der Waals surface area contributed by atoms with Crippen LogP contribution in [0.25, 0.3) is 16.6 Å². The van der Waals surface area contributed by atoms with Crippen LogP contribution >= 0.6 is 0 Å². The van der Waals surface area contributed by atoms with Crippen LogP contribution in [0.4, 0.5) is 11.4 Å². The second-order valence-electron chi connectivity index (χ2n) is 17.5. The minimum atomic E-state index is -0.200. The van der Waals surface area contributed by atoms with Crippen molar-refractivity contribution in [1.82, 2.24) is 4.57 Å². The molecule has 0 saturated carbocycles. The van der Waals surface area contributed by atoms with Crippen LogP contribution in [0.2, 0.25) is 0 Å². The fourth-order valence-corrected chi connectivity index (χ4v) is 10.6. The molecule has 6 aromatic rings. The van der Waals surface area contributed by atoms with Gasteiger partial charge in [0.2, 0.25) is 0 Å². The minimum Gasteiger partial charge on any atom is -0.458 e. The van der Waals surface area contributed by atoms with E-state index in [2.05, 4.69) is 141 Å². The SMILES string of the molecule is CCC1(C)c2cc(N3C4=C(CCCC4)Oc4ccccc43)ccc2B2c3ccc(-n4c5c(c6ccccc64)CCC5)cc3Oc3cc(C(C)(C)C)cc1c32. The van der Waals surface area contributed by atoms with E-state index >= 15 is 0 Å². The number of rotatable bonds is 3. The van der Waals surface area contributed by atoms with Gasteiger partial charge in [0.1, 0.15) is 17.3 Å². The predicted molar refractivity (Wildman–Crippen MR) is 223 cm³/mol. The van der Waals surface area contributed by atoms with Crippen LogP contribution < -0.4 is 30.8 Å². The van der Waals surface area contributed by atoms with Crippen molar-refractivity contribution in [3.05, 3.63) is 136 Å². The van der Waals surface area contributed by atoms with Crippen molar-refractivity contribution < 1.29 is 9.47 Å². The summed E-state index contributed by atoms with van der Waals surface area (Å²) in [5.41, 5.74) is 17.1. The number of allylic oxidation sites excluding steroid dienone is 2. The van der Waals surface area contributed by atoms with Gasteiger partial charge < -0.3 is 18.9 Å². The van der Waals surface area contributed by atoms with E-state index in [1.165, 1.54) is 91.6 Å². The van der Waals surface area contributed by atoms with Crippen molar-refractivity contribution >= 4 is 45.4 Å². The van der Waals surface area contributed by atoms with E-state index in [4.69, 9.17) is 9.47 Å². The van der Waals surface area contributed by atoms with Crippen molar-refractivity contribution in [2.24, 2.45) is 0 Å². The Bertz CT molecular complexity index is 2610. The lowest BCUT2D eigenvalue weighted by Crippen LogP contribution is -2.63. The Hall–Kier alpha value is -5.16. The number of aromatic nitrogens is 1. The zero-order valence-corrected chi connectivity index (χ0v) is 32.2. The first-order valence-corrected chi connectivity index (χ1v) is 20.3. The molecule has 4 nitrogen and oxygen atoms in total. The Kier molecular flexibility index (Phi) is 6.83. The van der Waals surface area contributed by atoms with Gasteiger partial charge in [-0.3, -0.25) is 0 Å². The third-order valence-corrected chi connectivity index (χ3v) is 13.5. The zero-order chi connectivity index (χ0) is 36.5. The maximum absolute atomic E-state index is 7.16. The van der Waals surface area contributed by atoms with Crippen molar-refractivity contribution in [2.45, 2.75) is 96.8 Å². The van der Waals surface area contributed by atoms with Gasteiger partial charge in [-0.15, -0.1) is 0 Å². The maximum Gasteiger partial charge on any atom is 0.251 e. The molecule has 11 rings (SSSR count). The number of nitrogens with zero attached hydrogens (tertiary/aromatic N) is 2. The summed E-state index contributed by atoms with van der Waals surface area (Å²) in [6.45, 7) is 11.9. The van der Waals surface area contributed by atoms with Crippen molar-refractivity contribution in [3.8, 4) is 22.9 Å². The van der Waals surface area contributed by atoms with E-state index in [1.54, 1.807) is 0 Å². The number of fused-ring (bicyclic) bond motifs is 8. The van der Waals surface area contributed by atoms with Crippen LogP contribution in [0, 0.1) is 0 Å². The molecule has 1 aromatic heterocycles. The highest BCUT2D eigenvalue weighted by Gasteiger charge is 2.47. The first kappa shape index (κ1) is 32.3. The Morgan fingerprint density at radius 2 is 1.50 bits per heavy atom. The average Bonchev–Trinajstić information content (AvgIpc) is 3.79. The van der Waals surface area contributed by atoms with Gasteiger partial charge in [-0.1, -0.05) is 88.6 Å². The van der Waals surface area contributed by atoms with Gasteiger partial charge in [-0.05, 0) is 126 Å². The summed E-state index contributed by atoms with van der Waals surface area (Å²) in [6.07, 6.45) is 8.86. The van der Waals surface area contributed by atoms with Gasteiger partial charge in [0.25, 0.3) is 6.71 Å². The Labute approximate surface area is 319 Å². The summed E-state index contributed by atoms with van der Waals surface area (Å²) >= 11 is 0. The molecule has 0 saturated heterocycles. The topological polar surface area (TPSA) is 26.6 Å². The van der Waals surface area contributed by atoms with Gasteiger partial charge >= 0.3 is 0 Å². The molecule has 5 aromatic carbocycles. The summed E-state index contributed by atoms with van der Waals surface area (Å²) in [5.74, 6) is 4.08. The molecule has 0 N–H and O–H groups in total. The normalized spacial score (nSPS) is 19.4. The van der Waals surface area contributed by atoms with E-state index in [1.807, 2.05) is 0 Å². The third-order valence-electron chi connectivity index (χ3n) is 13.5. The van der Waals surface area contributed by atoms with Gasteiger partial charge in [-0.25, -0.2) is 0 Å². The van der Waals surface area contributed by atoms with Crippen LogP contribution in [-0.2, 0) is 23.7 Å². The molecular formula is C49H47BN2O2.